The maximum atomic E-state index is 12.0. The lowest BCUT2D eigenvalue weighted by molar-refractivity contribution is -0.123. The molecule has 1 aromatic rings. The van der Waals surface area contributed by atoms with Crippen molar-refractivity contribution in [1.29, 1.82) is 0 Å². The summed E-state index contributed by atoms with van der Waals surface area (Å²) < 4.78 is 28.2. The van der Waals surface area contributed by atoms with Gasteiger partial charge in [0.25, 0.3) is 10.0 Å². The molecule has 2 heterocycles. The van der Waals surface area contributed by atoms with E-state index in [-0.39, 0.29) is 27.6 Å². The van der Waals surface area contributed by atoms with E-state index in [0.29, 0.717) is 4.34 Å². The lowest BCUT2D eigenvalue weighted by Gasteiger charge is -2.12. The third kappa shape index (κ3) is 3.19. The zero-order valence-corrected chi connectivity index (χ0v) is 12.8. The van der Waals surface area contributed by atoms with Gasteiger partial charge in [-0.1, -0.05) is 29.4 Å². The number of carbonyl (C=O) groups is 1. The maximum Gasteiger partial charge on any atom is 0.294 e. The van der Waals surface area contributed by atoms with Crippen molar-refractivity contribution in [3.05, 3.63) is 29.1 Å². The summed E-state index contributed by atoms with van der Waals surface area (Å²) in [6, 6.07) is 2.89. The fourth-order valence-electron chi connectivity index (χ4n) is 1.36. The van der Waals surface area contributed by atoms with E-state index in [0.717, 1.165) is 23.1 Å². The average Bonchev–Trinajstić information content (AvgIpc) is 2.90. The van der Waals surface area contributed by atoms with E-state index in [2.05, 4.69) is 11.0 Å². The molecular formula is C10H9ClN2O3S3. The molecule has 0 aliphatic carbocycles. The van der Waals surface area contributed by atoms with Gasteiger partial charge in [-0.2, -0.15) is 8.42 Å². The van der Waals surface area contributed by atoms with Crippen LogP contribution in [0, 0.1) is 0 Å². The zero-order valence-electron chi connectivity index (χ0n) is 9.58. The molecular weight excluding hydrogens is 328 g/mol. The summed E-state index contributed by atoms with van der Waals surface area (Å²) in [5, 5.41) is 0.175. The number of carbonyl (C=O) groups excluding carboxylic acids is 1. The van der Waals surface area contributed by atoms with E-state index >= 15 is 0 Å². The fraction of sp³-hybridized carbons (Fsp3) is 0.200. The molecule has 2 rings (SSSR count). The molecule has 1 aliphatic heterocycles. The number of amidine groups is 1. The summed E-state index contributed by atoms with van der Waals surface area (Å²) >= 11 is 7.74. The van der Waals surface area contributed by atoms with Gasteiger partial charge < -0.3 is 0 Å². The van der Waals surface area contributed by atoms with E-state index in [1.807, 2.05) is 0 Å². The second kappa shape index (κ2) is 5.66. The number of halogens is 1. The highest BCUT2D eigenvalue weighted by Crippen LogP contribution is 2.29. The van der Waals surface area contributed by atoms with Gasteiger partial charge in [-0.3, -0.25) is 9.69 Å². The Balaban J connectivity index is 2.34. The first-order valence-electron chi connectivity index (χ1n) is 5.08. The number of hydrogen-bond donors (Lipinski definition) is 0. The molecule has 1 saturated heterocycles. The van der Waals surface area contributed by atoms with Gasteiger partial charge in [-0.05, 0) is 12.1 Å². The summed E-state index contributed by atoms with van der Waals surface area (Å²) in [6.07, 6.45) is 1.52. The third-order valence-corrected chi connectivity index (χ3v) is 6.21. The van der Waals surface area contributed by atoms with Crippen molar-refractivity contribution < 1.29 is 13.2 Å². The quantitative estimate of drug-likeness (QED) is 0.791. The minimum Gasteiger partial charge on any atom is -0.286 e. The molecule has 0 spiro atoms. The normalized spacial score (nSPS) is 18.3. The third-order valence-electron chi connectivity index (χ3n) is 2.17. The van der Waals surface area contributed by atoms with Crippen molar-refractivity contribution in [2.45, 2.75) is 4.21 Å². The average molecular weight is 337 g/mol. The number of thiophene rings is 1. The number of sulfonamides is 1. The van der Waals surface area contributed by atoms with Gasteiger partial charge in [0.05, 0.1) is 10.1 Å². The Bertz CT molecular complexity index is 651. The molecule has 0 radical (unpaired) electrons. The van der Waals surface area contributed by atoms with E-state index in [1.165, 1.54) is 23.1 Å². The van der Waals surface area contributed by atoms with Crippen molar-refractivity contribution in [3.8, 4) is 0 Å². The predicted octanol–water partition coefficient (Wildman–Crippen LogP) is 2.21. The molecule has 0 aromatic carbocycles. The second-order valence-electron chi connectivity index (χ2n) is 3.49. The minimum absolute atomic E-state index is 0.0588. The van der Waals surface area contributed by atoms with E-state index < -0.39 is 10.0 Å². The van der Waals surface area contributed by atoms with Gasteiger partial charge in [-0.25, -0.2) is 0 Å². The summed E-state index contributed by atoms with van der Waals surface area (Å²) in [6.45, 7) is 3.77. The van der Waals surface area contributed by atoms with Crippen LogP contribution < -0.4 is 0 Å². The van der Waals surface area contributed by atoms with E-state index in [1.54, 1.807) is 0 Å². The molecule has 0 bridgehead atoms. The molecule has 19 heavy (non-hydrogen) atoms. The van der Waals surface area contributed by atoms with Gasteiger partial charge in [0.1, 0.15) is 4.21 Å². The smallest absolute Gasteiger partial charge is 0.286 e. The second-order valence-corrected chi connectivity index (χ2v) is 7.98. The highest BCUT2D eigenvalue weighted by molar-refractivity contribution is 8.15. The first-order chi connectivity index (χ1) is 8.94. The zero-order chi connectivity index (χ0) is 14.0. The van der Waals surface area contributed by atoms with Gasteiger partial charge in [0.15, 0.2) is 5.17 Å². The fourth-order valence-corrected chi connectivity index (χ4v) is 4.95. The van der Waals surface area contributed by atoms with Crippen LogP contribution in [0.1, 0.15) is 0 Å². The van der Waals surface area contributed by atoms with Gasteiger partial charge in [-0.15, -0.1) is 22.3 Å². The van der Waals surface area contributed by atoms with Crippen molar-refractivity contribution in [3.63, 3.8) is 0 Å². The number of amides is 1. The summed E-state index contributed by atoms with van der Waals surface area (Å²) in [5.74, 6) is 0.0102. The summed E-state index contributed by atoms with van der Waals surface area (Å²) in [5.41, 5.74) is 0. The van der Waals surface area contributed by atoms with Crippen LogP contribution in [0.4, 0.5) is 0 Å². The molecule has 1 aliphatic rings. The van der Waals surface area contributed by atoms with Gasteiger partial charge >= 0.3 is 0 Å². The number of thioether (sulfide) groups is 1. The first kappa shape index (κ1) is 14.6. The van der Waals surface area contributed by atoms with Crippen LogP contribution in [0.15, 0.2) is 33.4 Å². The Labute approximate surface area is 124 Å². The molecule has 1 fully saturated rings. The van der Waals surface area contributed by atoms with Crippen LogP contribution in [0.2, 0.25) is 4.34 Å². The Kier molecular flexibility index (Phi) is 4.34. The van der Waals surface area contributed by atoms with Crippen LogP contribution in [-0.2, 0) is 14.8 Å². The molecule has 0 atom stereocenters. The number of nitrogens with zero attached hydrogens (tertiary/aromatic N) is 2. The Hall–Kier alpha value is -0.830. The number of rotatable bonds is 4. The number of hydrogen-bond acceptors (Lipinski definition) is 5. The van der Waals surface area contributed by atoms with Crippen molar-refractivity contribution in [2.24, 2.45) is 4.40 Å². The minimum atomic E-state index is -3.82. The van der Waals surface area contributed by atoms with Crippen LogP contribution in [0.25, 0.3) is 0 Å². The van der Waals surface area contributed by atoms with Crippen LogP contribution in [-0.4, -0.2) is 36.7 Å². The van der Waals surface area contributed by atoms with Gasteiger partial charge in [0.2, 0.25) is 5.91 Å². The van der Waals surface area contributed by atoms with Crippen LogP contribution in [0.3, 0.4) is 0 Å². The molecule has 1 aromatic heterocycles. The molecule has 0 saturated carbocycles. The summed E-state index contributed by atoms with van der Waals surface area (Å²) in [4.78, 5) is 12.9. The highest BCUT2D eigenvalue weighted by atomic mass is 35.5. The van der Waals surface area contributed by atoms with Crippen LogP contribution >= 0.6 is 34.7 Å². The van der Waals surface area contributed by atoms with Crippen molar-refractivity contribution in [2.75, 3.05) is 12.3 Å². The Morgan fingerprint density at radius 2 is 2.26 bits per heavy atom. The lowest BCUT2D eigenvalue weighted by Crippen LogP contribution is -2.30. The highest BCUT2D eigenvalue weighted by Gasteiger charge is 2.29. The molecule has 102 valence electrons. The largest absolute Gasteiger partial charge is 0.294 e. The van der Waals surface area contributed by atoms with Gasteiger partial charge in [0, 0.05) is 6.54 Å². The topological polar surface area (TPSA) is 66.8 Å². The molecule has 0 N–H and O–H groups in total. The van der Waals surface area contributed by atoms with Crippen molar-refractivity contribution in [1.82, 2.24) is 4.90 Å². The molecule has 0 unspecified atom stereocenters. The first-order valence-corrected chi connectivity index (χ1v) is 8.70. The lowest BCUT2D eigenvalue weighted by atomic mass is 10.5. The monoisotopic (exact) mass is 336 g/mol. The summed E-state index contributed by atoms with van der Waals surface area (Å²) in [7, 11) is -3.82. The standard InChI is InChI=1S/C10H9ClN2O3S3/c1-2-5-13-8(14)6-17-10(13)12-19(15,16)9-4-3-7(11)18-9/h2-4H,1,5-6H2. The predicted molar refractivity (Wildman–Crippen MR) is 78.3 cm³/mol. The molecule has 5 nitrogen and oxygen atoms in total. The van der Waals surface area contributed by atoms with E-state index in [9.17, 15) is 13.2 Å². The Morgan fingerprint density at radius 1 is 1.53 bits per heavy atom. The maximum absolute atomic E-state index is 12.0. The SMILES string of the molecule is C=CCN1C(=O)CSC1=NS(=O)(=O)c1ccc(Cl)s1. The van der Waals surface area contributed by atoms with Crippen molar-refractivity contribution >= 4 is 55.8 Å². The molecule has 9 heteroatoms. The van der Waals surface area contributed by atoms with E-state index in [4.69, 9.17) is 11.6 Å². The molecule has 1 amide bonds. The Morgan fingerprint density at radius 3 is 2.84 bits per heavy atom. The van der Waals surface area contributed by atoms with Crippen LogP contribution in [0.5, 0.6) is 0 Å².